The van der Waals surface area contributed by atoms with Crippen molar-refractivity contribution >= 4 is 5.91 Å². The molecule has 2 fully saturated rings. The predicted octanol–water partition coefficient (Wildman–Crippen LogP) is 4.26. The molecule has 1 aliphatic heterocycles. The van der Waals surface area contributed by atoms with Crippen molar-refractivity contribution in [2.45, 2.75) is 50.5 Å². The molecule has 150 valence electrons. The normalized spacial score (nSPS) is 22.2. The van der Waals surface area contributed by atoms with Crippen LogP contribution in [0.5, 0.6) is 0 Å². The molecule has 4 nitrogen and oxygen atoms in total. The quantitative estimate of drug-likeness (QED) is 0.809. The molecule has 1 aromatic heterocycles. The fourth-order valence-electron chi connectivity index (χ4n) is 4.87. The van der Waals surface area contributed by atoms with Gasteiger partial charge in [-0.1, -0.05) is 25.0 Å². The minimum absolute atomic E-state index is 0.00896. The average Bonchev–Trinajstić information content (AvgIpc) is 3.39. The molecule has 0 bridgehead atoms. The van der Waals surface area contributed by atoms with Gasteiger partial charge in [-0.15, -0.1) is 0 Å². The molecule has 5 heteroatoms. The number of nitrogens with one attached hydrogen (secondary N) is 1. The Hall–Kier alpha value is -2.14. The number of piperidine rings is 1. The molecular weight excluding hydrogens is 355 g/mol. The summed E-state index contributed by atoms with van der Waals surface area (Å²) in [5.41, 5.74) is 0.897. The maximum atomic E-state index is 13.8. The van der Waals surface area contributed by atoms with Crippen LogP contribution in [0.1, 0.15) is 49.8 Å². The van der Waals surface area contributed by atoms with E-state index in [1.165, 1.54) is 6.07 Å². The van der Waals surface area contributed by atoms with E-state index in [-0.39, 0.29) is 23.1 Å². The number of hydrogen-bond donors (Lipinski definition) is 1. The topological polar surface area (TPSA) is 45.5 Å². The molecule has 4 rings (SSSR count). The predicted molar refractivity (Wildman–Crippen MR) is 106 cm³/mol. The van der Waals surface area contributed by atoms with E-state index in [2.05, 4.69) is 10.2 Å². The Bertz CT molecular complexity index is 784. The first kappa shape index (κ1) is 19.2. The van der Waals surface area contributed by atoms with Crippen LogP contribution in [0, 0.1) is 11.7 Å². The van der Waals surface area contributed by atoms with Crippen molar-refractivity contribution in [2.24, 2.45) is 5.92 Å². The molecular formula is C23H29FN2O2. The standard InChI is InChI=1S/C23H29FN2O2/c24-20-8-3-7-19(14-20)23(10-1-2-11-23)17-25-22(27)18-6-4-12-26(15-18)16-21-9-5-13-28-21/h3,5,7-9,13-14,18H,1-2,4,6,10-12,15-17H2,(H,25,27)/t18-/m0/s1. The number of carbonyl (C=O) groups excluding carboxylic acids is 1. The molecule has 1 aromatic carbocycles. The summed E-state index contributed by atoms with van der Waals surface area (Å²) in [6, 6.07) is 10.8. The highest BCUT2D eigenvalue weighted by molar-refractivity contribution is 5.79. The Morgan fingerprint density at radius 2 is 2.07 bits per heavy atom. The third-order valence-electron chi connectivity index (χ3n) is 6.43. The van der Waals surface area contributed by atoms with Crippen molar-refractivity contribution in [1.82, 2.24) is 10.2 Å². The average molecular weight is 384 g/mol. The Balaban J connectivity index is 1.37. The van der Waals surface area contributed by atoms with Crippen LogP contribution in [-0.4, -0.2) is 30.4 Å². The van der Waals surface area contributed by atoms with Crippen LogP contribution in [0.25, 0.3) is 0 Å². The number of halogens is 1. The first-order valence-electron chi connectivity index (χ1n) is 10.4. The van der Waals surface area contributed by atoms with Crippen molar-refractivity contribution in [3.63, 3.8) is 0 Å². The van der Waals surface area contributed by atoms with Gasteiger partial charge < -0.3 is 9.73 Å². The summed E-state index contributed by atoms with van der Waals surface area (Å²) in [4.78, 5) is 15.2. The molecule has 1 N–H and O–H groups in total. The van der Waals surface area contributed by atoms with Gasteiger partial charge in [-0.25, -0.2) is 4.39 Å². The van der Waals surface area contributed by atoms with Crippen LogP contribution >= 0.6 is 0 Å². The highest BCUT2D eigenvalue weighted by Gasteiger charge is 2.37. The van der Waals surface area contributed by atoms with E-state index in [4.69, 9.17) is 4.42 Å². The van der Waals surface area contributed by atoms with Gasteiger partial charge in [0.1, 0.15) is 11.6 Å². The van der Waals surface area contributed by atoms with Crippen molar-refractivity contribution < 1.29 is 13.6 Å². The third kappa shape index (κ3) is 4.30. The summed E-state index contributed by atoms with van der Waals surface area (Å²) in [7, 11) is 0. The second-order valence-electron chi connectivity index (χ2n) is 8.37. The van der Waals surface area contributed by atoms with Gasteiger partial charge in [-0.2, -0.15) is 0 Å². The second kappa shape index (κ2) is 8.48. The van der Waals surface area contributed by atoms with Gasteiger partial charge in [0, 0.05) is 18.5 Å². The molecule has 1 atom stereocenters. The maximum absolute atomic E-state index is 13.8. The zero-order valence-electron chi connectivity index (χ0n) is 16.3. The van der Waals surface area contributed by atoms with Crippen LogP contribution in [-0.2, 0) is 16.8 Å². The number of furan rings is 1. The second-order valence-corrected chi connectivity index (χ2v) is 8.37. The van der Waals surface area contributed by atoms with Crippen molar-refractivity contribution in [1.29, 1.82) is 0 Å². The van der Waals surface area contributed by atoms with Crippen LogP contribution < -0.4 is 5.32 Å². The molecule has 1 saturated carbocycles. The number of nitrogens with zero attached hydrogens (tertiary/aromatic N) is 1. The molecule has 0 radical (unpaired) electrons. The van der Waals surface area contributed by atoms with E-state index in [9.17, 15) is 9.18 Å². The Morgan fingerprint density at radius 3 is 2.82 bits per heavy atom. The first-order chi connectivity index (χ1) is 13.6. The summed E-state index contributed by atoms with van der Waals surface area (Å²) in [5, 5.41) is 3.22. The van der Waals surface area contributed by atoms with Gasteiger partial charge in [-0.3, -0.25) is 9.69 Å². The van der Waals surface area contributed by atoms with E-state index < -0.39 is 0 Å². The van der Waals surface area contributed by atoms with E-state index in [0.717, 1.165) is 69.5 Å². The maximum Gasteiger partial charge on any atom is 0.224 e. The first-order valence-corrected chi connectivity index (χ1v) is 10.4. The molecule has 28 heavy (non-hydrogen) atoms. The molecule has 1 saturated heterocycles. The lowest BCUT2D eigenvalue weighted by Gasteiger charge is -2.34. The highest BCUT2D eigenvalue weighted by Crippen LogP contribution is 2.40. The third-order valence-corrected chi connectivity index (χ3v) is 6.43. The zero-order valence-corrected chi connectivity index (χ0v) is 16.3. The minimum Gasteiger partial charge on any atom is -0.468 e. The summed E-state index contributed by atoms with van der Waals surface area (Å²) < 4.78 is 19.2. The van der Waals surface area contributed by atoms with E-state index >= 15 is 0 Å². The van der Waals surface area contributed by atoms with E-state index in [1.54, 1.807) is 18.4 Å². The van der Waals surface area contributed by atoms with E-state index in [1.807, 2.05) is 18.2 Å². The molecule has 1 aliphatic carbocycles. The molecule has 1 amide bonds. The van der Waals surface area contributed by atoms with E-state index in [0.29, 0.717) is 6.54 Å². The van der Waals surface area contributed by atoms with Crippen LogP contribution in [0.3, 0.4) is 0 Å². The van der Waals surface area contributed by atoms with Gasteiger partial charge in [0.2, 0.25) is 5.91 Å². The van der Waals surface area contributed by atoms with Crippen LogP contribution in [0.15, 0.2) is 47.1 Å². The lowest BCUT2D eigenvalue weighted by atomic mass is 9.78. The molecule has 0 unspecified atom stereocenters. The summed E-state index contributed by atoms with van der Waals surface area (Å²) in [6.07, 6.45) is 7.91. The lowest BCUT2D eigenvalue weighted by molar-refractivity contribution is -0.127. The van der Waals surface area contributed by atoms with Crippen LogP contribution in [0.4, 0.5) is 4.39 Å². The zero-order chi connectivity index (χ0) is 19.4. The number of rotatable bonds is 6. The fraction of sp³-hybridized carbons (Fsp3) is 0.522. The van der Waals surface area contributed by atoms with Crippen LogP contribution in [0.2, 0.25) is 0 Å². The van der Waals surface area contributed by atoms with Gasteiger partial charge in [-0.05, 0) is 62.1 Å². The van der Waals surface area contributed by atoms with Crippen molar-refractivity contribution in [2.75, 3.05) is 19.6 Å². The van der Waals surface area contributed by atoms with Gasteiger partial charge in [0.15, 0.2) is 0 Å². The summed E-state index contributed by atoms with van der Waals surface area (Å²) in [6.45, 7) is 3.12. The van der Waals surface area contributed by atoms with Crippen molar-refractivity contribution in [3.8, 4) is 0 Å². The number of likely N-dealkylation sites (tertiary alicyclic amines) is 1. The Morgan fingerprint density at radius 1 is 1.21 bits per heavy atom. The van der Waals surface area contributed by atoms with Gasteiger partial charge in [0.25, 0.3) is 0 Å². The molecule has 2 heterocycles. The van der Waals surface area contributed by atoms with Crippen molar-refractivity contribution in [3.05, 3.63) is 59.8 Å². The smallest absolute Gasteiger partial charge is 0.224 e. The SMILES string of the molecule is O=C(NCC1(c2cccc(F)c2)CCCC1)[C@H]1CCCN(Cc2ccco2)C1. The number of benzene rings is 1. The number of amides is 1. The fourth-order valence-corrected chi connectivity index (χ4v) is 4.87. The number of carbonyl (C=O) groups is 1. The molecule has 0 spiro atoms. The molecule has 2 aromatic rings. The van der Waals surface area contributed by atoms with Gasteiger partial charge in [0.05, 0.1) is 18.7 Å². The Kier molecular flexibility index (Phi) is 5.81. The summed E-state index contributed by atoms with van der Waals surface area (Å²) >= 11 is 0. The summed E-state index contributed by atoms with van der Waals surface area (Å²) in [5.74, 6) is 0.884. The minimum atomic E-state index is -0.198. The molecule has 2 aliphatic rings. The lowest BCUT2D eigenvalue weighted by Crippen LogP contribution is -2.46. The highest BCUT2D eigenvalue weighted by atomic mass is 19.1. The number of hydrogen-bond acceptors (Lipinski definition) is 3. The van der Waals surface area contributed by atoms with Gasteiger partial charge >= 0.3 is 0 Å². The monoisotopic (exact) mass is 384 g/mol. The largest absolute Gasteiger partial charge is 0.468 e. The Labute approximate surface area is 166 Å².